The molecule has 0 amide bonds. The first kappa shape index (κ1) is 12.6. The summed E-state index contributed by atoms with van der Waals surface area (Å²) in [5, 5.41) is 3.68. The fourth-order valence-electron chi connectivity index (χ4n) is 2.19. The van der Waals surface area contributed by atoms with Crippen LogP contribution in [0.3, 0.4) is 0 Å². The van der Waals surface area contributed by atoms with Gasteiger partial charge in [0.2, 0.25) is 10.0 Å². The molecule has 1 aromatic rings. The van der Waals surface area contributed by atoms with Crippen LogP contribution in [0.2, 0.25) is 0 Å². The van der Waals surface area contributed by atoms with Crippen LogP contribution in [-0.2, 0) is 15.8 Å². The molecule has 0 bridgehead atoms. The molecule has 0 radical (unpaired) electrons. The van der Waals surface area contributed by atoms with Crippen molar-refractivity contribution in [2.45, 2.75) is 50.8 Å². The van der Waals surface area contributed by atoms with Gasteiger partial charge in [0, 0.05) is 12.1 Å². The van der Waals surface area contributed by atoms with Gasteiger partial charge in [0.05, 0.1) is 5.69 Å². The summed E-state index contributed by atoms with van der Waals surface area (Å²) in [5.74, 6) is 0.274. The zero-order valence-corrected chi connectivity index (χ0v) is 10.8. The predicted octanol–water partition coefficient (Wildman–Crippen LogP) is 1.74. The fraction of sp³-hybridized carbons (Fsp3) is 0.727. The van der Waals surface area contributed by atoms with Gasteiger partial charge in [-0.25, -0.2) is 13.1 Å². The van der Waals surface area contributed by atoms with Crippen molar-refractivity contribution in [2.75, 3.05) is 0 Å². The van der Waals surface area contributed by atoms with Gasteiger partial charge in [-0.05, 0) is 19.8 Å². The molecular weight excluding hydrogens is 240 g/mol. The molecule has 1 aliphatic carbocycles. The Morgan fingerprint density at radius 2 is 2.12 bits per heavy atom. The Hall–Kier alpha value is -0.880. The van der Waals surface area contributed by atoms with E-state index >= 15 is 0 Å². The summed E-state index contributed by atoms with van der Waals surface area (Å²) < 4.78 is 31.4. The maximum Gasteiger partial charge on any atom is 0.219 e. The maximum absolute atomic E-state index is 11.9. The molecule has 0 atom stereocenters. The number of nitrogens with zero attached hydrogens (tertiary/aromatic N) is 1. The van der Waals surface area contributed by atoms with Crippen LogP contribution in [0.4, 0.5) is 0 Å². The SMILES string of the molecule is Cc1cc(CS(=O)(=O)NC2CCCCC2)on1. The number of hydrogen-bond acceptors (Lipinski definition) is 4. The number of rotatable bonds is 4. The van der Waals surface area contributed by atoms with Crippen LogP contribution in [0.15, 0.2) is 10.6 Å². The van der Waals surface area contributed by atoms with E-state index < -0.39 is 10.0 Å². The Morgan fingerprint density at radius 3 is 2.71 bits per heavy atom. The van der Waals surface area contributed by atoms with Crippen molar-refractivity contribution < 1.29 is 12.9 Å². The van der Waals surface area contributed by atoms with Crippen molar-refractivity contribution in [3.8, 4) is 0 Å². The summed E-state index contributed by atoms with van der Waals surface area (Å²) in [5.41, 5.74) is 0.702. The minimum absolute atomic E-state index is 0.0952. The van der Waals surface area contributed by atoms with Crippen molar-refractivity contribution in [1.29, 1.82) is 0 Å². The minimum atomic E-state index is -3.30. The van der Waals surface area contributed by atoms with E-state index in [9.17, 15) is 8.42 Å². The molecule has 1 N–H and O–H groups in total. The zero-order chi connectivity index (χ0) is 12.3. The summed E-state index contributed by atoms with van der Waals surface area (Å²) in [4.78, 5) is 0. The molecule has 1 saturated carbocycles. The molecule has 1 fully saturated rings. The van der Waals surface area contributed by atoms with E-state index in [1.807, 2.05) is 0 Å². The van der Waals surface area contributed by atoms with E-state index in [-0.39, 0.29) is 11.8 Å². The number of aryl methyl sites for hydroxylation is 1. The monoisotopic (exact) mass is 258 g/mol. The molecule has 1 heterocycles. The third-order valence-corrected chi connectivity index (χ3v) is 4.32. The molecule has 0 unspecified atom stereocenters. The first-order chi connectivity index (χ1) is 8.05. The van der Waals surface area contributed by atoms with Gasteiger partial charge in [-0.2, -0.15) is 0 Å². The van der Waals surface area contributed by atoms with Crippen LogP contribution >= 0.6 is 0 Å². The molecule has 96 valence electrons. The lowest BCUT2D eigenvalue weighted by Gasteiger charge is -2.22. The molecule has 17 heavy (non-hydrogen) atoms. The Morgan fingerprint density at radius 1 is 1.41 bits per heavy atom. The highest BCUT2D eigenvalue weighted by atomic mass is 32.2. The van der Waals surface area contributed by atoms with Crippen LogP contribution in [-0.4, -0.2) is 19.6 Å². The maximum atomic E-state index is 11.9. The number of sulfonamides is 1. The summed E-state index contributed by atoms with van der Waals surface area (Å²) >= 11 is 0. The number of aromatic nitrogens is 1. The average molecular weight is 258 g/mol. The molecule has 0 aromatic carbocycles. The van der Waals surface area contributed by atoms with E-state index in [4.69, 9.17) is 4.52 Å². The number of hydrogen-bond donors (Lipinski definition) is 1. The van der Waals surface area contributed by atoms with Crippen molar-refractivity contribution in [2.24, 2.45) is 0 Å². The topological polar surface area (TPSA) is 72.2 Å². The second-order valence-electron chi connectivity index (χ2n) is 4.65. The predicted molar refractivity (Wildman–Crippen MR) is 63.9 cm³/mol. The third-order valence-electron chi connectivity index (χ3n) is 2.96. The van der Waals surface area contributed by atoms with E-state index in [0.29, 0.717) is 11.5 Å². The van der Waals surface area contributed by atoms with E-state index in [0.717, 1.165) is 25.7 Å². The van der Waals surface area contributed by atoms with Crippen LogP contribution in [0.25, 0.3) is 0 Å². The molecule has 6 heteroatoms. The Labute approximate surface area is 102 Å². The van der Waals surface area contributed by atoms with Crippen LogP contribution in [0.5, 0.6) is 0 Å². The van der Waals surface area contributed by atoms with Crippen molar-refractivity contribution in [1.82, 2.24) is 9.88 Å². The fourth-order valence-corrected chi connectivity index (χ4v) is 3.53. The van der Waals surface area contributed by atoms with Gasteiger partial charge < -0.3 is 4.52 Å². The van der Waals surface area contributed by atoms with E-state index in [2.05, 4.69) is 9.88 Å². The molecule has 5 nitrogen and oxygen atoms in total. The smallest absolute Gasteiger partial charge is 0.219 e. The normalized spacial score (nSPS) is 18.4. The molecule has 0 spiro atoms. The minimum Gasteiger partial charge on any atom is -0.360 e. The zero-order valence-electron chi connectivity index (χ0n) is 9.98. The van der Waals surface area contributed by atoms with Gasteiger partial charge in [0.15, 0.2) is 5.76 Å². The second kappa shape index (κ2) is 5.18. The van der Waals surface area contributed by atoms with Gasteiger partial charge in [0.25, 0.3) is 0 Å². The van der Waals surface area contributed by atoms with E-state index in [1.54, 1.807) is 13.0 Å². The van der Waals surface area contributed by atoms with Crippen molar-refractivity contribution in [3.63, 3.8) is 0 Å². The lowest BCUT2D eigenvalue weighted by atomic mass is 9.96. The molecule has 1 aliphatic rings. The first-order valence-electron chi connectivity index (χ1n) is 5.97. The summed E-state index contributed by atoms with van der Waals surface area (Å²) in [6, 6.07) is 1.75. The molecule has 0 saturated heterocycles. The highest BCUT2D eigenvalue weighted by Gasteiger charge is 2.21. The van der Waals surface area contributed by atoms with Gasteiger partial charge in [-0.15, -0.1) is 0 Å². The highest BCUT2D eigenvalue weighted by Crippen LogP contribution is 2.18. The van der Waals surface area contributed by atoms with Gasteiger partial charge in [-0.3, -0.25) is 0 Å². The summed E-state index contributed by atoms with van der Waals surface area (Å²) in [6.45, 7) is 1.77. The lowest BCUT2D eigenvalue weighted by Crippen LogP contribution is -2.36. The number of nitrogens with one attached hydrogen (secondary N) is 1. The van der Waals surface area contributed by atoms with Gasteiger partial charge in [0.1, 0.15) is 5.75 Å². The third kappa shape index (κ3) is 3.81. The van der Waals surface area contributed by atoms with Crippen molar-refractivity contribution >= 4 is 10.0 Å². The average Bonchev–Trinajstić information content (AvgIpc) is 2.63. The summed E-state index contributed by atoms with van der Waals surface area (Å²) in [6.07, 6.45) is 5.30. The highest BCUT2D eigenvalue weighted by molar-refractivity contribution is 7.88. The Kier molecular flexibility index (Phi) is 3.83. The van der Waals surface area contributed by atoms with Gasteiger partial charge >= 0.3 is 0 Å². The molecular formula is C11H18N2O3S. The molecule has 1 aromatic heterocycles. The standard InChI is InChI=1S/C11H18N2O3S/c1-9-7-11(16-12-9)8-17(14,15)13-10-5-3-2-4-6-10/h7,10,13H,2-6,8H2,1H3. The Balaban J connectivity index is 1.94. The van der Waals surface area contributed by atoms with Crippen molar-refractivity contribution in [3.05, 3.63) is 17.5 Å². The van der Waals surface area contributed by atoms with Crippen LogP contribution < -0.4 is 4.72 Å². The summed E-state index contributed by atoms with van der Waals surface area (Å²) in [7, 11) is -3.30. The van der Waals surface area contributed by atoms with E-state index in [1.165, 1.54) is 6.42 Å². The largest absolute Gasteiger partial charge is 0.360 e. The second-order valence-corrected chi connectivity index (χ2v) is 6.40. The first-order valence-corrected chi connectivity index (χ1v) is 7.62. The molecule has 0 aliphatic heterocycles. The molecule has 2 rings (SSSR count). The Bertz CT molecular complexity index is 461. The van der Waals surface area contributed by atoms with Gasteiger partial charge in [-0.1, -0.05) is 24.4 Å². The quantitative estimate of drug-likeness (QED) is 0.892. The van der Waals surface area contributed by atoms with Crippen LogP contribution in [0, 0.1) is 6.92 Å². The van der Waals surface area contributed by atoms with Crippen LogP contribution in [0.1, 0.15) is 43.6 Å². The lowest BCUT2D eigenvalue weighted by molar-refractivity contribution is 0.385.